The van der Waals surface area contributed by atoms with Gasteiger partial charge < -0.3 is 23.9 Å². The van der Waals surface area contributed by atoms with Gasteiger partial charge in [0.2, 0.25) is 11.6 Å². The molecule has 0 aliphatic rings. The molecule has 0 radical (unpaired) electrons. The molecule has 0 aliphatic heterocycles. The van der Waals surface area contributed by atoms with Crippen LogP contribution in [0.5, 0.6) is 17.2 Å². The molecule has 0 aliphatic carbocycles. The van der Waals surface area contributed by atoms with E-state index in [2.05, 4.69) is 10.3 Å². The number of ether oxygens (including phenoxy) is 3. The number of methoxy groups -OCH3 is 3. The van der Waals surface area contributed by atoms with Crippen LogP contribution in [0.4, 0.5) is 5.69 Å². The van der Waals surface area contributed by atoms with Crippen molar-refractivity contribution in [2.75, 3.05) is 26.6 Å². The van der Waals surface area contributed by atoms with Crippen molar-refractivity contribution in [1.82, 2.24) is 4.98 Å². The van der Waals surface area contributed by atoms with Crippen LogP contribution in [0.3, 0.4) is 0 Å². The molecule has 0 saturated heterocycles. The Labute approximate surface area is 173 Å². The summed E-state index contributed by atoms with van der Waals surface area (Å²) in [5.74, 6) is 1.31. The molecule has 1 amide bonds. The molecule has 7 nitrogen and oxygen atoms in total. The highest BCUT2D eigenvalue weighted by molar-refractivity contribution is 6.06. The average Bonchev–Trinajstić information content (AvgIpc) is 3.22. The van der Waals surface area contributed by atoms with Crippen molar-refractivity contribution in [3.05, 3.63) is 66.2 Å². The van der Waals surface area contributed by atoms with Crippen molar-refractivity contribution in [2.45, 2.75) is 0 Å². The number of nitrogens with one attached hydrogen (secondary N) is 1. The smallest absolute Gasteiger partial charge is 0.255 e. The number of amides is 1. The summed E-state index contributed by atoms with van der Waals surface area (Å²) in [5.41, 5.74) is 3.03. The van der Waals surface area contributed by atoms with Gasteiger partial charge in [0, 0.05) is 5.56 Å². The number of carbonyl (C=O) groups excluding carboxylic acids is 1. The molecule has 1 aromatic heterocycles. The molecule has 7 heteroatoms. The summed E-state index contributed by atoms with van der Waals surface area (Å²) in [6.07, 6.45) is 0. The van der Waals surface area contributed by atoms with Crippen LogP contribution in [-0.4, -0.2) is 32.2 Å². The van der Waals surface area contributed by atoms with Gasteiger partial charge in [0.15, 0.2) is 17.1 Å². The minimum absolute atomic E-state index is 0.335. The molecule has 0 bridgehead atoms. The zero-order valence-electron chi connectivity index (χ0n) is 16.8. The second kappa shape index (κ2) is 8.16. The maximum atomic E-state index is 13.0. The fourth-order valence-corrected chi connectivity index (χ4v) is 3.17. The Bertz CT molecular complexity index is 1160. The zero-order chi connectivity index (χ0) is 21.1. The first-order chi connectivity index (χ1) is 14.6. The van der Waals surface area contributed by atoms with Crippen LogP contribution >= 0.6 is 0 Å². The lowest BCUT2D eigenvalue weighted by atomic mass is 10.1. The van der Waals surface area contributed by atoms with E-state index in [9.17, 15) is 4.79 Å². The molecule has 4 aromatic rings. The Morgan fingerprint density at radius 3 is 2.23 bits per heavy atom. The highest BCUT2D eigenvalue weighted by atomic mass is 16.5. The lowest BCUT2D eigenvalue weighted by molar-refractivity contribution is 0.102. The van der Waals surface area contributed by atoms with Gasteiger partial charge in [-0.2, -0.15) is 0 Å². The maximum absolute atomic E-state index is 13.0. The maximum Gasteiger partial charge on any atom is 0.255 e. The summed E-state index contributed by atoms with van der Waals surface area (Å²) < 4.78 is 21.9. The van der Waals surface area contributed by atoms with Crippen LogP contribution in [-0.2, 0) is 0 Å². The predicted octanol–water partition coefficient (Wildman–Crippen LogP) is 4.77. The third-order valence-electron chi connectivity index (χ3n) is 4.63. The highest BCUT2D eigenvalue weighted by Gasteiger charge is 2.19. The molecule has 1 N–H and O–H groups in total. The lowest BCUT2D eigenvalue weighted by Crippen LogP contribution is -2.13. The number of fused-ring (bicyclic) bond motifs is 1. The first kappa shape index (κ1) is 19.3. The van der Waals surface area contributed by atoms with Crippen molar-refractivity contribution in [1.29, 1.82) is 0 Å². The first-order valence-electron chi connectivity index (χ1n) is 9.21. The van der Waals surface area contributed by atoms with Crippen LogP contribution in [0, 0.1) is 0 Å². The molecule has 4 rings (SSSR count). The highest BCUT2D eigenvalue weighted by Crippen LogP contribution is 2.38. The van der Waals surface area contributed by atoms with E-state index in [-0.39, 0.29) is 5.91 Å². The summed E-state index contributed by atoms with van der Waals surface area (Å²) in [4.78, 5) is 17.5. The van der Waals surface area contributed by atoms with Gasteiger partial charge in [-0.3, -0.25) is 4.79 Å². The molecule has 0 spiro atoms. The number of benzene rings is 3. The van der Waals surface area contributed by atoms with Gasteiger partial charge >= 0.3 is 0 Å². The normalized spacial score (nSPS) is 10.6. The van der Waals surface area contributed by atoms with Crippen LogP contribution in [0.25, 0.3) is 22.6 Å². The topological polar surface area (TPSA) is 82.8 Å². The Balaban J connectivity index is 1.69. The summed E-state index contributed by atoms with van der Waals surface area (Å²) in [5, 5.41) is 2.92. The lowest BCUT2D eigenvalue weighted by Gasteiger charge is -2.14. The number of carbonyl (C=O) groups is 1. The fraction of sp³-hybridized carbons (Fsp3) is 0.130. The van der Waals surface area contributed by atoms with Crippen LogP contribution in [0.1, 0.15) is 10.4 Å². The number of rotatable bonds is 6. The van der Waals surface area contributed by atoms with Crippen molar-refractivity contribution in [2.24, 2.45) is 0 Å². The molecule has 0 atom stereocenters. The Hall–Kier alpha value is -4.00. The van der Waals surface area contributed by atoms with Gasteiger partial charge in [-0.25, -0.2) is 4.98 Å². The van der Waals surface area contributed by atoms with Crippen LogP contribution in [0.15, 0.2) is 65.1 Å². The quantitative estimate of drug-likeness (QED) is 0.498. The number of hydrogen-bond donors (Lipinski definition) is 1. The van der Waals surface area contributed by atoms with E-state index in [1.165, 1.54) is 21.3 Å². The van der Waals surface area contributed by atoms with Gasteiger partial charge in [0.1, 0.15) is 5.52 Å². The van der Waals surface area contributed by atoms with E-state index in [1.54, 1.807) is 18.2 Å². The number of oxazole rings is 1. The van der Waals surface area contributed by atoms with Gasteiger partial charge in [0.05, 0.1) is 32.6 Å². The number of anilines is 1. The van der Waals surface area contributed by atoms with Crippen LogP contribution in [0.2, 0.25) is 0 Å². The SMILES string of the molecule is COc1cc(C(=O)Nc2ccccc2-c2nc3ccccc3o2)cc(OC)c1OC. The van der Waals surface area contributed by atoms with E-state index in [4.69, 9.17) is 18.6 Å². The Morgan fingerprint density at radius 1 is 0.900 bits per heavy atom. The van der Waals surface area contributed by atoms with Crippen molar-refractivity contribution >= 4 is 22.7 Å². The Kier molecular flexibility index (Phi) is 5.26. The summed E-state index contributed by atoms with van der Waals surface area (Å²) in [7, 11) is 4.51. The average molecular weight is 404 g/mol. The van der Waals surface area contributed by atoms with Crippen LogP contribution < -0.4 is 19.5 Å². The number of hydrogen-bond acceptors (Lipinski definition) is 6. The van der Waals surface area contributed by atoms with E-state index >= 15 is 0 Å². The molecule has 1 heterocycles. The van der Waals surface area contributed by atoms with Crippen molar-refractivity contribution in [3.8, 4) is 28.7 Å². The minimum Gasteiger partial charge on any atom is -0.493 e. The second-order valence-electron chi connectivity index (χ2n) is 6.40. The third-order valence-corrected chi connectivity index (χ3v) is 4.63. The molecule has 30 heavy (non-hydrogen) atoms. The van der Waals surface area contributed by atoms with Crippen molar-refractivity contribution < 1.29 is 23.4 Å². The fourth-order valence-electron chi connectivity index (χ4n) is 3.17. The third kappa shape index (κ3) is 3.53. The summed E-state index contributed by atoms with van der Waals surface area (Å²) >= 11 is 0. The van der Waals surface area contributed by atoms with Gasteiger partial charge in [-0.05, 0) is 36.4 Å². The summed E-state index contributed by atoms with van der Waals surface area (Å²) in [6, 6.07) is 18.0. The molecule has 0 saturated carbocycles. The predicted molar refractivity (Wildman–Crippen MR) is 113 cm³/mol. The molecule has 0 unspecified atom stereocenters. The van der Waals surface area contributed by atoms with E-state index in [0.29, 0.717) is 45.5 Å². The number of nitrogens with zero attached hydrogens (tertiary/aromatic N) is 1. The van der Waals surface area contributed by atoms with Crippen molar-refractivity contribution in [3.63, 3.8) is 0 Å². The standard InChI is InChI=1S/C23H20N2O5/c1-27-19-12-14(13-20(28-2)21(19)29-3)22(26)24-16-9-5-4-8-15(16)23-25-17-10-6-7-11-18(17)30-23/h4-13H,1-3H3,(H,24,26). The number of para-hydroxylation sites is 3. The zero-order valence-corrected chi connectivity index (χ0v) is 16.8. The van der Waals surface area contributed by atoms with E-state index in [1.807, 2.05) is 42.5 Å². The molecule has 152 valence electrons. The minimum atomic E-state index is -0.335. The van der Waals surface area contributed by atoms with E-state index < -0.39 is 0 Å². The molecule has 3 aromatic carbocycles. The monoisotopic (exact) mass is 404 g/mol. The first-order valence-corrected chi connectivity index (χ1v) is 9.21. The molecular formula is C23H20N2O5. The van der Waals surface area contributed by atoms with Gasteiger partial charge in [-0.1, -0.05) is 24.3 Å². The second-order valence-corrected chi connectivity index (χ2v) is 6.40. The largest absolute Gasteiger partial charge is 0.493 e. The summed E-state index contributed by atoms with van der Waals surface area (Å²) in [6.45, 7) is 0. The Morgan fingerprint density at radius 2 is 1.57 bits per heavy atom. The molecular weight excluding hydrogens is 384 g/mol. The van der Waals surface area contributed by atoms with Gasteiger partial charge in [0.25, 0.3) is 5.91 Å². The number of aromatic nitrogens is 1. The molecule has 0 fully saturated rings. The van der Waals surface area contributed by atoms with E-state index in [0.717, 1.165) is 5.52 Å². The van der Waals surface area contributed by atoms with Gasteiger partial charge in [-0.15, -0.1) is 0 Å².